The number of urea groups is 1. The molecule has 2 aromatic rings. The van der Waals surface area contributed by atoms with Gasteiger partial charge in [-0.2, -0.15) is 0 Å². The maximum Gasteiger partial charge on any atom is 0.419 e. The minimum atomic E-state index is -1.10. The summed E-state index contributed by atoms with van der Waals surface area (Å²) in [5.41, 5.74) is 0.349. The van der Waals surface area contributed by atoms with Crippen LogP contribution in [0.2, 0.25) is 0 Å². The first-order valence-corrected chi connectivity index (χ1v) is 8.80. The van der Waals surface area contributed by atoms with Gasteiger partial charge in [0.1, 0.15) is 12.1 Å². The van der Waals surface area contributed by atoms with Crippen molar-refractivity contribution >= 4 is 34.6 Å². The summed E-state index contributed by atoms with van der Waals surface area (Å²) < 4.78 is 6.73. The average Bonchev–Trinajstić information content (AvgIpc) is 3.00. The number of oxazole rings is 1. The number of carbonyl (C=O) groups is 3. The van der Waals surface area contributed by atoms with Gasteiger partial charge in [-0.3, -0.25) is 19.5 Å². The SMILES string of the molecule is CN(C)CCn1c(=O)oc2ccc(NC(=O)CN3C(=O)NC(=O)C3(C)C)cc21. The normalized spacial score (nSPS) is 16.1. The second kappa shape index (κ2) is 7.12. The lowest BCUT2D eigenvalue weighted by atomic mass is 10.0. The molecular weight excluding hydrogens is 366 g/mol. The van der Waals surface area contributed by atoms with Gasteiger partial charge in [-0.25, -0.2) is 9.59 Å². The minimum absolute atomic E-state index is 0.276. The number of nitrogens with one attached hydrogen (secondary N) is 2. The monoisotopic (exact) mass is 389 g/mol. The summed E-state index contributed by atoms with van der Waals surface area (Å²) in [6, 6.07) is 4.26. The van der Waals surface area contributed by atoms with Crippen LogP contribution < -0.4 is 16.4 Å². The lowest BCUT2D eigenvalue weighted by Crippen LogP contribution is -2.47. The van der Waals surface area contributed by atoms with E-state index in [0.717, 1.165) is 0 Å². The number of fused-ring (bicyclic) bond motifs is 1. The van der Waals surface area contributed by atoms with Crippen LogP contribution in [0.15, 0.2) is 27.4 Å². The molecule has 0 bridgehead atoms. The largest absolute Gasteiger partial charge is 0.419 e. The number of nitrogens with zero attached hydrogens (tertiary/aromatic N) is 3. The average molecular weight is 389 g/mol. The summed E-state index contributed by atoms with van der Waals surface area (Å²) in [7, 11) is 3.80. The van der Waals surface area contributed by atoms with Gasteiger partial charge in [0.2, 0.25) is 5.91 Å². The predicted molar refractivity (Wildman–Crippen MR) is 102 cm³/mol. The topological polar surface area (TPSA) is 117 Å². The van der Waals surface area contributed by atoms with Gasteiger partial charge in [0.05, 0.1) is 5.52 Å². The van der Waals surface area contributed by atoms with E-state index in [9.17, 15) is 19.2 Å². The predicted octanol–water partition coefficient (Wildman–Crippen LogP) is 0.425. The molecule has 28 heavy (non-hydrogen) atoms. The van der Waals surface area contributed by atoms with Crippen molar-refractivity contribution in [2.24, 2.45) is 0 Å². The van der Waals surface area contributed by atoms with Crippen LogP contribution in [0.4, 0.5) is 10.5 Å². The first-order valence-electron chi connectivity index (χ1n) is 8.80. The fourth-order valence-electron chi connectivity index (χ4n) is 2.96. The Balaban J connectivity index is 1.78. The van der Waals surface area contributed by atoms with Crippen molar-refractivity contribution < 1.29 is 18.8 Å². The van der Waals surface area contributed by atoms with Gasteiger partial charge in [0.15, 0.2) is 5.58 Å². The van der Waals surface area contributed by atoms with Gasteiger partial charge in [-0.1, -0.05) is 0 Å². The highest BCUT2D eigenvalue weighted by atomic mass is 16.4. The molecule has 2 N–H and O–H groups in total. The molecule has 1 fully saturated rings. The van der Waals surface area contributed by atoms with E-state index in [0.29, 0.717) is 29.9 Å². The molecule has 1 aliphatic heterocycles. The van der Waals surface area contributed by atoms with Crippen LogP contribution in [0.1, 0.15) is 13.8 Å². The van der Waals surface area contributed by atoms with Crippen LogP contribution in [0, 0.1) is 0 Å². The Morgan fingerprint density at radius 3 is 2.57 bits per heavy atom. The number of likely N-dealkylation sites (N-methyl/N-ethyl adjacent to an activating group) is 1. The van der Waals surface area contributed by atoms with E-state index in [1.54, 1.807) is 32.0 Å². The smallest absolute Gasteiger partial charge is 0.408 e. The summed E-state index contributed by atoms with van der Waals surface area (Å²) in [6.07, 6.45) is 0. The molecule has 2 heterocycles. The molecule has 1 aromatic carbocycles. The van der Waals surface area contributed by atoms with Crippen molar-refractivity contribution in [1.82, 2.24) is 19.7 Å². The van der Waals surface area contributed by atoms with Gasteiger partial charge in [0, 0.05) is 18.8 Å². The molecule has 1 saturated heterocycles. The molecule has 150 valence electrons. The number of benzene rings is 1. The molecule has 0 aliphatic carbocycles. The number of carbonyl (C=O) groups excluding carboxylic acids is 3. The molecule has 10 heteroatoms. The third-order valence-electron chi connectivity index (χ3n) is 4.72. The number of hydrogen-bond acceptors (Lipinski definition) is 6. The van der Waals surface area contributed by atoms with Crippen LogP contribution in [0.5, 0.6) is 0 Å². The van der Waals surface area contributed by atoms with Gasteiger partial charge < -0.3 is 19.5 Å². The number of aromatic nitrogens is 1. The van der Waals surface area contributed by atoms with Crippen LogP contribution in [0.3, 0.4) is 0 Å². The lowest BCUT2D eigenvalue weighted by Gasteiger charge is -2.27. The highest BCUT2D eigenvalue weighted by molar-refractivity contribution is 6.08. The summed E-state index contributed by atoms with van der Waals surface area (Å²) in [5, 5.41) is 4.89. The van der Waals surface area contributed by atoms with E-state index >= 15 is 0 Å². The molecule has 0 radical (unpaired) electrons. The zero-order chi connectivity index (χ0) is 20.6. The molecule has 0 saturated carbocycles. The van der Waals surface area contributed by atoms with Gasteiger partial charge >= 0.3 is 11.8 Å². The second-order valence-corrected chi connectivity index (χ2v) is 7.46. The summed E-state index contributed by atoms with van der Waals surface area (Å²) in [4.78, 5) is 51.3. The molecule has 0 unspecified atom stereocenters. The fourth-order valence-corrected chi connectivity index (χ4v) is 2.96. The molecule has 0 spiro atoms. The van der Waals surface area contributed by atoms with Crippen LogP contribution in [-0.2, 0) is 16.1 Å². The summed E-state index contributed by atoms with van der Waals surface area (Å²) >= 11 is 0. The highest BCUT2D eigenvalue weighted by Crippen LogP contribution is 2.22. The fraction of sp³-hybridized carbons (Fsp3) is 0.444. The first kappa shape index (κ1) is 19.6. The Kier molecular flexibility index (Phi) is 4.99. The zero-order valence-corrected chi connectivity index (χ0v) is 16.2. The number of anilines is 1. The lowest BCUT2D eigenvalue weighted by molar-refractivity contribution is -0.126. The van der Waals surface area contributed by atoms with Crippen molar-refractivity contribution in [3.05, 3.63) is 28.7 Å². The molecule has 4 amide bonds. The maximum atomic E-state index is 12.4. The van der Waals surface area contributed by atoms with Gasteiger partial charge in [0.25, 0.3) is 5.91 Å². The number of amides is 4. The Labute approximate surface area is 161 Å². The number of rotatable bonds is 6. The third-order valence-corrected chi connectivity index (χ3v) is 4.72. The Morgan fingerprint density at radius 2 is 1.96 bits per heavy atom. The summed E-state index contributed by atoms with van der Waals surface area (Å²) in [6.45, 7) is 3.96. The van der Waals surface area contributed by atoms with Gasteiger partial charge in [-0.15, -0.1) is 0 Å². The van der Waals surface area contributed by atoms with E-state index in [-0.39, 0.29) is 6.54 Å². The Morgan fingerprint density at radius 1 is 1.25 bits per heavy atom. The molecule has 0 atom stereocenters. The van der Waals surface area contributed by atoms with Crippen molar-refractivity contribution in [3.8, 4) is 0 Å². The molecule has 10 nitrogen and oxygen atoms in total. The summed E-state index contributed by atoms with van der Waals surface area (Å²) in [5.74, 6) is -1.37. The van der Waals surface area contributed by atoms with E-state index in [1.807, 2.05) is 19.0 Å². The maximum absolute atomic E-state index is 12.4. The zero-order valence-electron chi connectivity index (χ0n) is 16.2. The van der Waals surface area contributed by atoms with Gasteiger partial charge in [-0.05, 0) is 46.1 Å². The molecule has 1 aliphatic rings. The molecule has 1 aromatic heterocycles. The molecular formula is C18H23N5O5. The van der Waals surface area contributed by atoms with E-state index in [2.05, 4.69) is 10.6 Å². The van der Waals surface area contributed by atoms with E-state index in [1.165, 1.54) is 9.47 Å². The van der Waals surface area contributed by atoms with Crippen LogP contribution in [-0.4, -0.2) is 64.9 Å². The third kappa shape index (κ3) is 3.63. The second-order valence-electron chi connectivity index (χ2n) is 7.46. The number of imide groups is 1. The van der Waals surface area contributed by atoms with Crippen LogP contribution >= 0.6 is 0 Å². The highest BCUT2D eigenvalue weighted by Gasteiger charge is 2.46. The van der Waals surface area contributed by atoms with E-state index in [4.69, 9.17) is 4.42 Å². The van der Waals surface area contributed by atoms with Crippen molar-refractivity contribution in [2.75, 3.05) is 32.5 Å². The van der Waals surface area contributed by atoms with Crippen molar-refractivity contribution in [3.63, 3.8) is 0 Å². The molecule has 3 rings (SSSR count). The van der Waals surface area contributed by atoms with Crippen LogP contribution in [0.25, 0.3) is 11.1 Å². The van der Waals surface area contributed by atoms with E-state index < -0.39 is 29.1 Å². The number of hydrogen-bond donors (Lipinski definition) is 2. The quantitative estimate of drug-likeness (QED) is 0.692. The Hall–Kier alpha value is -3.14. The minimum Gasteiger partial charge on any atom is -0.408 e. The Bertz CT molecular complexity index is 1000. The van der Waals surface area contributed by atoms with Crippen molar-refractivity contribution in [2.45, 2.75) is 25.9 Å². The van der Waals surface area contributed by atoms with Crippen molar-refractivity contribution in [1.29, 1.82) is 0 Å². The standard InChI is InChI=1S/C18H23N5O5/c1-18(2)15(25)20-16(26)23(18)10-14(24)19-11-5-6-13-12(9-11)22(17(27)28-13)8-7-21(3)4/h5-6,9H,7-8,10H2,1-4H3,(H,19,24)(H,20,25,26). The first-order chi connectivity index (χ1) is 13.1.